The van der Waals surface area contributed by atoms with Gasteiger partial charge in [-0.2, -0.15) is 0 Å². The van der Waals surface area contributed by atoms with E-state index in [-0.39, 0.29) is 0 Å². The van der Waals surface area contributed by atoms with E-state index in [1.807, 2.05) is 50.2 Å². The Hall–Kier alpha value is -1.91. The maximum absolute atomic E-state index is 6.22. The first-order chi connectivity index (χ1) is 13.6. The van der Waals surface area contributed by atoms with Crippen LogP contribution in [-0.4, -0.2) is 18.1 Å². The van der Waals surface area contributed by atoms with Crippen LogP contribution in [0.2, 0.25) is 15.1 Å². The summed E-state index contributed by atoms with van der Waals surface area (Å²) in [5.41, 5.74) is 10.8. The highest BCUT2D eigenvalue weighted by Crippen LogP contribution is 2.37. The molecule has 4 N–H and O–H groups in total. The van der Waals surface area contributed by atoms with Crippen LogP contribution in [0.4, 0.5) is 5.69 Å². The smallest absolute Gasteiger partial charge is 0.0701 e. The van der Waals surface area contributed by atoms with Crippen molar-refractivity contribution in [3.8, 4) is 11.1 Å². The Kier molecular flexibility index (Phi) is 6.73. The van der Waals surface area contributed by atoms with Crippen molar-refractivity contribution in [2.45, 2.75) is 13.8 Å². The van der Waals surface area contributed by atoms with E-state index >= 15 is 0 Å². The second-order valence-corrected chi connectivity index (χ2v) is 7.36. The Morgan fingerprint density at radius 1 is 0.857 bits per heavy atom. The van der Waals surface area contributed by atoms with E-state index in [4.69, 9.17) is 40.5 Å². The van der Waals surface area contributed by atoms with Gasteiger partial charge < -0.3 is 16.0 Å². The average molecular weight is 435 g/mol. The standard InChI is InChI=1S/C20H16Cl3N3.C2H6/c21-13-2-4-18-14(10-13)15-7-12(11-1-3-16(22)17(23)8-11)9-19(20(15)26-18)25-6-5-24;1-2/h1-4,7-10,25-26H,5-6,24H2;1-2H3. The largest absolute Gasteiger partial charge is 0.382 e. The maximum atomic E-state index is 6.22. The lowest BCUT2D eigenvalue weighted by Crippen LogP contribution is -2.13. The second kappa shape index (κ2) is 9.06. The molecule has 0 bridgehead atoms. The van der Waals surface area contributed by atoms with Gasteiger partial charge in [0.25, 0.3) is 0 Å². The van der Waals surface area contributed by atoms with Crippen LogP contribution >= 0.6 is 34.8 Å². The number of aromatic amines is 1. The highest BCUT2D eigenvalue weighted by atomic mass is 35.5. The van der Waals surface area contributed by atoms with E-state index in [1.54, 1.807) is 0 Å². The van der Waals surface area contributed by atoms with Crippen LogP contribution in [0, 0.1) is 0 Å². The minimum atomic E-state index is 0.530. The summed E-state index contributed by atoms with van der Waals surface area (Å²) in [7, 11) is 0. The Bertz CT molecular complexity index is 1120. The summed E-state index contributed by atoms with van der Waals surface area (Å²) in [6.07, 6.45) is 0. The molecular formula is C22H22Cl3N3. The third-order valence-electron chi connectivity index (χ3n) is 4.38. The molecule has 28 heavy (non-hydrogen) atoms. The van der Waals surface area contributed by atoms with Crippen molar-refractivity contribution >= 4 is 62.3 Å². The Morgan fingerprint density at radius 2 is 1.64 bits per heavy atom. The van der Waals surface area contributed by atoms with Crippen molar-refractivity contribution in [2.24, 2.45) is 5.73 Å². The van der Waals surface area contributed by atoms with Crippen LogP contribution in [0.25, 0.3) is 32.9 Å². The molecule has 4 rings (SSSR count). The fourth-order valence-electron chi connectivity index (χ4n) is 3.16. The molecule has 146 valence electrons. The lowest BCUT2D eigenvalue weighted by atomic mass is 10.0. The first-order valence-electron chi connectivity index (χ1n) is 9.21. The summed E-state index contributed by atoms with van der Waals surface area (Å²) < 4.78 is 0. The van der Waals surface area contributed by atoms with Crippen molar-refractivity contribution in [2.75, 3.05) is 18.4 Å². The molecule has 3 nitrogen and oxygen atoms in total. The molecule has 0 amide bonds. The molecule has 6 heteroatoms. The van der Waals surface area contributed by atoms with Crippen molar-refractivity contribution in [1.29, 1.82) is 0 Å². The summed E-state index contributed by atoms with van der Waals surface area (Å²) in [5, 5.41) is 7.34. The number of H-pyrrole nitrogens is 1. The molecule has 0 aliphatic heterocycles. The van der Waals surface area contributed by atoms with Crippen molar-refractivity contribution in [3.05, 3.63) is 63.6 Å². The van der Waals surface area contributed by atoms with Gasteiger partial charge in [0.2, 0.25) is 0 Å². The average Bonchev–Trinajstić information content (AvgIpc) is 3.07. The number of hydrogen-bond acceptors (Lipinski definition) is 2. The van der Waals surface area contributed by atoms with E-state index in [9.17, 15) is 0 Å². The molecule has 1 aromatic heterocycles. The molecule has 0 radical (unpaired) electrons. The predicted molar refractivity (Wildman–Crippen MR) is 125 cm³/mol. The number of benzene rings is 3. The Morgan fingerprint density at radius 3 is 2.36 bits per heavy atom. The van der Waals surface area contributed by atoms with E-state index in [1.165, 1.54) is 0 Å². The monoisotopic (exact) mass is 433 g/mol. The molecule has 0 unspecified atom stereocenters. The number of hydrogen-bond donors (Lipinski definition) is 3. The van der Waals surface area contributed by atoms with Crippen LogP contribution in [0.15, 0.2) is 48.5 Å². The highest BCUT2D eigenvalue weighted by Gasteiger charge is 2.12. The molecule has 0 fully saturated rings. The SMILES string of the molecule is CC.NCCNc1cc(-c2ccc(Cl)c(Cl)c2)cc2c1[nH]c1ccc(Cl)cc12. The van der Waals surface area contributed by atoms with E-state index in [0.717, 1.165) is 38.6 Å². The van der Waals surface area contributed by atoms with Gasteiger partial charge in [-0.25, -0.2) is 0 Å². The van der Waals surface area contributed by atoms with E-state index < -0.39 is 0 Å². The normalized spacial score (nSPS) is 10.8. The van der Waals surface area contributed by atoms with Gasteiger partial charge in [0.1, 0.15) is 0 Å². The fraction of sp³-hybridized carbons (Fsp3) is 0.182. The third kappa shape index (κ3) is 4.08. The Labute approximate surface area is 179 Å². The number of nitrogens with one attached hydrogen (secondary N) is 2. The van der Waals surface area contributed by atoms with Crippen LogP contribution in [-0.2, 0) is 0 Å². The van der Waals surface area contributed by atoms with Crippen LogP contribution in [0.1, 0.15) is 13.8 Å². The van der Waals surface area contributed by atoms with E-state index in [2.05, 4.69) is 22.4 Å². The summed E-state index contributed by atoms with van der Waals surface area (Å²) >= 11 is 18.5. The summed E-state index contributed by atoms with van der Waals surface area (Å²) in [6.45, 7) is 5.22. The first-order valence-corrected chi connectivity index (χ1v) is 10.3. The van der Waals surface area contributed by atoms with Gasteiger partial charge in [0, 0.05) is 34.4 Å². The summed E-state index contributed by atoms with van der Waals surface area (Å²) in [6, 6.07) is 15.7. The van der Waals surface area contributed by atoms with Crippen LogP contribution in [0.5, 0.6) is 0 Å². The van der Waals surface area contributed by atoms with Gasteiger partial charge in [0.05, 0.1) is 21.2 Å². The van der Waals surface area contributed by atoms with Crippen LogP contribution < -0.4 is 11.1 Å². The lowest BCUT2D eigenvalue weighted by Gasteiger charge is -2.11. The minimum absolute atomic E-state index is 0.530. The van der Waals surface area contributed by atoms with E-state index in [0.29, 0.717) is 28.2 Å². The van der Waals surface area contributed by atoms with Gasteiger partial charge in [-0.15, -0.1) is 0 Å². The molecule has 4 aromatic rings. The summed E-state index contributed by atoms with van der Waals surface area (Å²) in [5.74, 6) is 0. The molecule has 0 saturated carbocycles. The number of rotatable bonds is 4. The zero-order chi connectivity index (χ0) is 20.3. The quantitative estimate of drug-likeness (QED) is 0.314. The topological polar surface area (TPSA) is 53.8 Å². The zero-order valence-corrected chi connectivity index (χ0v) is 18.0. The molecular weight excluding hydrogens is 413 g/mol. The number of nitrogens with two attached hydrogens (primary N) is 1. The number of anilines is 1. The van der Waals surface area contributed by atoms with Crippen molar-refractivity contribution < 1.29 is 0 Å². The van der Waals surface area contributed by atoms with Gasteiger partial charge in [-0.1, -0.05) is 54.7 Å². The van der Waals surface area contributed by atoms with Gasteiger partial charge in [-0.05, 0) is 53.6 Å². The Balaban J connectivity index is 0.00000109. The number of aromatic nitrogens is 1. The molecule has 3 aromatic carbocycles. The number of fused-ring (bicyclic) bond motifs is 3. The molecule has 0 aliphatic carbocycles. The molecule has 0 aliphatic rings. The van der Waals surface area contributed by atoms with Gasteiger partial charge in [-0.3, -0.25) is 0 Å². The van der Waals surface area contributed by atoms with Gasteiger partial charge in [0.15, 0.2) is 0 Å². The van der Waals surface area contributed by atoms with Crippen molar-refractivity contribution in [1.82, 2.24) is 4.98 Å². The minimum Gasteiger partial charge on any atom is -0.382 e. The third-order valence-corrected chi connectivity index (χ3v) is 5.36. The van der Waals surface area contributed by atoms with Gasteiger partial charge >= 0.3 is 0 Å². The number of halogens is 3. The van der Waals surface area contributed by atoms with Crippen LogP contribution in [0.3, 0.4) is 0 Å². The first kappa shape index (κ1) is 20.8. The fourth-order valence-corrected chi connectivity index (χ4v) is 3.63. The second-order valence-electron chi connectivity index (χ2n) is 6.11. The molecule has 0 saturated heterocycles. The van der Waals surface area contributed by atoms with Crippen molar-refractivity contribution in [3.63, 3.8) is 0 Å². The molecule has 0 spiro atoms. The zero-order valence-electron chi connectivity index (χ0n) is 15.7. The predicted octanol–water partition coefficient (Wildman–Crippen LogP) is 7.35. The lowest BCUT2D eigenvalue weighted by molar-refractivity contribution is 1.03. The summed E-state index contributed by atoms with van der Waals surface area (Å²) in [4.78, 5) is 3.47. The molecule has 1 heterocycles. The molecule has 0 atom stereocenters. The maximum Gasteiger partial charge on any atom is 0.0701 e. The highest BCUT2D eigenvalue weighted by molar-refractivity contribution is 6.42.